The first-order chi connectivity index (χ1) is 7.90. The first-order valence-electron chi connectivity index (χ1n) is 5.31. The van der Waals surface area contributed by atoms with Crippen LogP contribution in [0.3, 0.4) is 0 Å². The van der Waals surface area contributed by atoms with Crippen LogP contribution in [0.5, 0.6) is 0 Å². The molecule has 5 heteroatoms. The third-order valence-corrected chi connectivity index (χ3v) is 1.85. The Bertz CT molecular complexity index is 368. The standard InChI is InChI=1S/C12H18N2O3/c1-12(2,3)17-11(15)14-10-6-4-9(5-7-10)8-16-13/h4-7H,8,13H2,1-3H3,(H,14,15). The Morgan fingerprint density at radius 1 is 1.29 bits per heavy atom. The van der Waals surface area contributed by atoms with Gasteiger partial charge in [0.2, 0.25) is 0 Å². The molecular weight excluding hydrogens is 220 g/mol. The zero-order chi connectivity index (χ0) is 12.9. The van der Waals surface area contributed by atoms with Crippen LogP contribution >= 0.6 is 0 Å². The van der Waals surface area contributed by atoms with Gasteiger partial charge in [0.25, 0.3) is 0 Å². The molecule has 3 N–H and O–H groups in total. The van der Waals surface area contributed by atoms with Crippen molar-refractivity contribution < 1.29 is 14.4 Å². The van der Waals surface area contributed by atoms with Gasteiger partial charge in [0.15, 0.2) is 0 Å². The molecule has 1 rings (SSSR count). The summed E-state index contributed by atoms with van der Waals surface area (Å²) < 4.78 is 5.12. The molecule has 0 spiro atoms. The third kappa shape index (κ3) is 5.33. The maximum Gasteiger partial charge on any atom is 0.412 e. The van der Waals surface area contributed by atoms with Crippen molar-refractivity contribution in [1.82, 2.24) is 0 Å². The minimum atomic E-state index is -0.503. The van der Waals surface area contributed by atoms with Gasteiger partial charge in [-0.25, -0.2) is 10.7 Å². The molecule has 17 heavy (non-hydrogen) atoms. The van der Waals surface area contributed by atoms with E-state index in [-0.39, 0.29) is 0 Å². The predicted molar refractivity (Wildman–Crippen MR) is 65.3 cm³/mol. The van der Waals surface area contributed by atoms with E-state index in [1.807, 2.05) is 32.9 Å². The van der Waals surface area contributed by atoms with Crippen LogP contribution < -0.4 is 11.2 Å². The lowest BCUT2D eigenvalue weighted by Crippen LogP contribution is -2.27. The topological polar surface area (TPSA) is 73.6 Å². The van der Waals surface area contributed by atoms with Gasteiger partial charge in [-0.1, -0.05) is 12.1 Å². The van der Waals surface area contributed by atoms with Crippen LogP contribution in [-0.4, -0.2) is 11.7 Å². The largest absolute Gasteiger partial charge is 0.444 e. The smallest absolute Gasteiger partial charge is 0.412 e. The Labute approximate surface area is 101 Å². The van der Waals surface area contributed by atoms with Crippen LogP contribution in [0.4, 0.5) is 10.5 Å². The van der Waals surface area contributed by atoms with Gasteiger partial charge in [-0.3, -0.25) is 10.2 Å². The van der Waals surface area contributed by atoms with Gasteiger partial charge < -0.3 is 4.74 Å². The lowest BCUT2D eigenvalue weighted by Gasteiger charge is -2.19. The van der Waals surface area contributed by atoms with Crippen molar-refractivity contribution >= 4 is 11.8 Å². The van der Waals surface area contributed by atoms with Crippen molar-refractivity contribution in [2.45, 2.75) is 33.0 Å². The summed E-state index contributed by atoms with van der Waals surface area (Å²) in [5.41, 5.74) is 1.10. The van der Waals surface area contributed by atoms with Gasteiger partial charge in [-0.2, -0.15) is 0 Å². The zero-order valence-corrected chi connectivity index (χ0v) is 10.3. The molecule has 0 aromatic heterocycles. The van der Waals surface area contributed by atoms with Crippen LogP contribution in [0.15, 0.2) is 24.3 Å². The SMILES string of the molecule is CC(C)(C)OC(=O)Nc1ccc(CON)cc1. The summed E-state index contributed by atoms with van der Waals surface area (Å²) in [6.07, 6.45) is -0.472. The molecule has 0 unspecified atom stereocenters. The van der Waals surface area contributed by atoms with Gasteiger partial charge in [-0.15, -0.1) is 0 Å². The van der Waals surface area contributed by atoms with E-state index in [1.165, 1.54) is 0 Å². The van der Waals surface area contributed by atoms with Crippen LogP contribution in [0.1, 0.15) is 26.3 Å². The van der Waals surface area contributed by atoms with E-state index in [4.69, 9.17) is 10.6 Å². The van der Waals surface area contributed by atoms with E-state index < -0.39 is 11.7 Å². The summed E-state index contributed by atoms with van der Waals surface area (Å²) in [5, 5.41) is 2.63. The molecule has 5 nitrogen and oxygen atoms in total. The molecule has 1 aromatic carbocycles. The van der Waals surface area contributed by atoms with Crippen molar-refractivity contribution in [3.05, 3.63) is 29.8 Å². The van der Waals surface area contributed by atoms with Crippen molar-refractivity contribution in [2.75, 3.05) is 5.32 Å². The summed E-state index contributed by atoms with van der Waals surface area (Å²) in [7, 11) is 0. The number of anilines is 1. The summed E-state index contributed by atoms with van der Waals surface area (Å²) in [4.78, 5) is 16.0. The van der Waals surface area contributed by atoms with Crippen molar-refractivity contribution in [3.8, 4) is 0 Å². The highest BCUT2D eigenvalue weighted by Crippen LogP contribution is 2.13. The van der Waals surface area contributed by atoms with Crippen molar-refractivity contribution in [3.63, 3.8) is 0 Å². The van der Waals surface area contributed by atoms with Crippen LogP contribution in [-0.2, 0) is 16.2 Å². The molecule has 0 bridgehead atoms. The zero-order valence-electron chi connectivity index (χ0n) is 10.3. The molecule has 0 radical (unpaired) electrons. The Morgan fingerprint density at radius 2 is 1.88 bits per heavy atom. The van der Waals surface area contributed by atoms with E-state index in [0.717, 1.165) is 5.56 Å². The van der Waals surface area contributed by atoms with Crippen LogP contribution in [0, 0.1) is 0 Å². The fraction of sp³-hybridized carbons (Fsp3) is 0.417. The average molecular weight is 238 g/mol. The summed E-state index contributed by atoms with van der Waals surface area (Å²) >= 11 is 0. The Balaban J connectivity index is 2.54. The van der Waals surface area contributed by atoms with E-state index >= 15 is 0 Å². The number of carbonyl (C=O) groups is 1. The monoisotopic (exact) mass is 238 g/mol. The molecule has 1 aromatic rings. The second kappa shape index (κ2) is 5.65. The number of nitrogens with one attached hydrogen (secondary N) is 1. The van der Waals surface area contributed by atoms with E-state index in [9.17, 15) is 4.79 Å². The number of nitrogens with two attached hydrogens (primary N) is 1. The van der Waals surface area contributed by atoms with E-state index in [1.54, 1.807) is 12.1 Å². The molecule has 0 aliphatic rings. The second-order valence-electron chi connectivity index (χ2n) is 4.63. The van der Waals surface area contributed by atoms with Gasteiger partial charge in [0.05, 0.1) is 6.61 Å². The van der Waals surface area contributed by atoms with Crippen molar-refractivity contribution in [2.24, 2.45) is 5.90 Å². The molecule has 0 aliphatic heterocycles. The van der Waals surface area contributed by atoms with Gasteiger partial charge in [0.1, 0.15) is 5.60 Å². The number of hydrogen-bond donors (Lipinski definition) is 2. The molecule has 0 saturated carbocycles. The molecule has 0 atom stereocenters. The minimum Gasteiger partial charge on any atom is -0.444 e. The number of rotatable bonds is 3. The Morgan fingerprint density at radius 3 is 2.35 bits per heavy atom. The highest BCUT2D eigenvalue weighted by atomic mass is 16.6. The van der Waals surface area contributed by atoms with Gasteiger partial charge in [-0.05, 0) is 38.5 Å². The first kappa shape index (κ1) is 13.5. The highest BCUT2D eigenvalue weighted by Gasteiger charge is 2.15. The molecular formula is C12H18N2O3. The molecule has 0 aliphatic carbocycles. The number of hydrogen-bond acceptors (Lipinski definition) is 4. The maximum absolute atomic E-state index is 11.5. The number of benzene rings is 1. The highest BCUT2D eigenvalue weighted by molar-refractivity contribution is 5.84. The molecule has 0 fully saturated rings. The van der Waals surface area contributed by atoms with Crippen molar-refractivity contribution in [1.29, 1.82) is 0 Å². The Hall–Kier alpha value is -1.59. The van der Waals surface area contributed by atoms with Crippen LogP contribution in [0.2, 0.25) is 0 Å². The fourth-order valence-electron chi connectivity index (χ4n) is 1.20. The lowest BCUT2D eigenvalue weighted by molar-refractivity contribution is 0.0636. The molecule has 0 saturated heterocycles. The summed E-state index contributed by atoms with van der Waals surface area (Å²) in [6, 6.07) is 7.16. The average Bonchev–Trinajstić information content (AvgIpc) is 2.18. The fourth-order valence-corrected chi connectivity index (χ4v) is 1.20. The van der Waals surface area contributed by atoms with Gasteiger partial charge >= 0.3 is 6.09 Å². The summed E-state index contributed by atoms with van der Waals surface area (Å²) in [5.74, 6) is 4.96. The van der Waals surface area contributed by atoms with Gasteiger partial charge in [0, 0.05) is 5.69 Å². The quantitative estimate of drug-likeness (QED) is 0.793. The Kier molecular flexibility index (Phi) is 4.48. The van der Waals surface area contributed by atoms with E-state index in [0.29, 0.717) is 12.3 Å². The minimum absolute atomic E-state index is 0.340. The molecule has 1 amide bonds. The second-order valence-corrected chi connectivity index (χ2v) is 4.63. The third-order valence-electron chi connectivity index (χ3n) is 1.85. The number of carbonyl (C=O) groups excluding carboxylic acids is 1. The number of amides is 1. The predicted octanol–water partition coefficient (Wildman–Crippen LogP) is 2.42. The number of ether oxygens (including phenoxy) is 1. The molecule has 0 heterocycles. The maximum atomic E-state index is 11.5. The summed E-state index contributed by atoms with van der Waals surface area (Å²) in [6.45, 7) is 5.78. The normalized spacial score (nSPS) is 11.1. The molecule has 94 valence electrons. The first-order valence-corrected chi connectivity index (χ1v) is 5.31. The van der Waals surface area contributed by atoms with Crippen LogP contribution in [0.25, 0.3) is 0 Å². The lowest BCUT2D eigenvalue weighted by atomic mass is 10.2. The van der Waals surface area contributed by atoms with E-state index in [2.05, 4.69) is 10.2 Å².